The SMILES string of the molecule is [B]P(C)OC(=O)[C@@H](Cc1ccccc1)[C@@H](C)Cc1ccc(-c2ccc(CC3=CCC=C3)cc2)cc1. The molecule has 0 amide bonds. The lowest BCUT2D eigenvalue weighted by molar-refractivity contribution is -0.139. The zero-order valence-electron chi connectivity index (χ0n) is 20.6. The van der Waals surface area contributed by atoms with Crippen molar-refractivity contribution in [3.8, 4) is 11.1 Å². The predicted molar refractivity (Wildman–Crippen MR) is 149 cm³/mol. The summed E-state index contributed by atoms with van der Waals surface area (Å²) >= 11 is 0. The maximum atomic E-state index is 12.9. The summed E-state index contributed by atoms with van der Waals surface area (Å²) in [5.74, 6) is -0.303. The van der Waals surface area contributed by atoms with E-state index in [0.717, 1.165) is 24.8 Å². The Morgan fingerprint density at radius 2 is 1.49 bits per heavy atom. The van der Waals surface area contributed by atoms with Crippen LogP contribution >= 0.6 is 8.03 Å². The van der Waals surface area contributed by atoms with E-state index in [2.05, 4.69) is 85.8 Å². The minimum Gasteiger partial charge on any atom is -0.457 e. The Morgan fingerprint density at radius 1 is 0.886 bits per heavy atom. The molecule has 0 saturated heterocycles. The number of rotatable bonds is 10. The van der Waals surface area contributed by atoms with Crippen LogP contribution in [-0.2, 0) is 28.6 Å². The Balaban J connectivity index is 1.41. The fourth-order valence-electron chi connectivity index (χ4n) is 4.63. The molecule has 0 N–H and O–H groups in total. The van der Waals surface area contributed by atoms with Gasteiger partial charge in [-0.15, -0.1) is 0 Å². The van der Waals surface area contributed by atoms with Gasteiger partial charge in [-0.1, -0.05) is 104 Å². The lowest BCUT2D eigenvalue weighted by Crippen LogP contribution is -2.26. The molecular formula is C31H32BO2P. The first-order chi connectivity index (χ1) is 17.0. The van der Waals surface area contributed by atoms with Crippen molar-refractivity contribution in [1.82, 2.24) is 0 Å². The molecule has 0 spiro atoms. The Morgan fingerprint density at radius 3 is 2.06 bits per heavy atom. The van der Waals surface area contributed by atoms with Crippen LogP contribution in [0.2, 0.25) is 0 Å². The lowest BCUT2D eigenvalue weighted by atomic mass is 9.84. The van der Waals surface area contributed by atoms with Crippen LogP contribution in [0.3, 0.4) is 0 Å². The molecule has 35 heavy (non-hydrogen) atoms. The lowest BCUT2D eigenvalue weighted by Gasteiger charge is -2.24. The van der Waals surface area contributed by atoms with Gasteiger partial charge in [0, 0.05) is 8.03 Å². The maximum absolute atomic E-state index is 12.9. The second kappa shape index (κ2) is 12.2. The Kier molecular flexibility index (Phi) is 8.77. The largest absolute Gasteiger partial charge is 0.457 e. The summed E-state index contributed by atoms with van der Waals surface area (Å²) in [5, 5.41) is 0. The molecule has 1 aliphatic carbocycles. The smallest absolute Gasteiger partial charge is 0.311 e. The highest BCUT2D eigenvalue weighted by atomic mass is 31.1. The van der Waals surface area contributed by atoms with Crippen molar-refractivity contribution >= 4 is 21.6 Å². The molecule has 0 aliphatic heterocycles. The average Bonchev–Trinajstić information content (AvgIpc) is 3.37. The molecule has 2 radical (unpaired) electrons. The number of hydrogen-bond acceptors (Lipinski definition) is 2. The average molecular weight is 478 g/mol. The quantitative estimate of drug-likeness (QED) is 0.223. The van der Waals surface area contributed by atoms with Gasteiger partial charge in [0.15, 0.2) is 7.57 Å². The van der Waals surface area contributed by atoms with E-state index >= 15 is 0 Å². The first kappa shape index (κ1) is 25.2. The first-order valence-corrected chi connectivity index (χ1v) is 14.0. The summed E-state index contributed by atoms with van der Waals surface area (Å²) in [6.07, 6.45) is 10.2. The van der Waals surface area contributed by atoms with E-state index in [4.69, 9.17) is 12.1 Å². The summed E-state index contributed by atoms with van der Waals surface area (Å²) in [4.78, 5) is 12.9. The molecule has 4 heteroatoms. The van der Waals surface area contributed by atoms with Crippen LogP contribution in [0.1, 0.15) is 30.0 Å². The van der Waals surface area contributed by atoms with Crippen molar-refractivity contribution in [2.45, 2.75) is 32.6 Å². The van der Waals surface area contributed by atoms with Crippen LogP contribution in [0.4, 0.5) is 0 Å². The van der Waals surface area contributed by atoms with Crippen molar-refractivity contribution < 1.29 is 9.32 Å². The molecule has 176 valence electrons. The Bertz CT molecular complexity index is 1160. The molecule has 4 rings (SSSR count). The van der Waals surface area contributed by atoms with Gasteiger partial charge >= 0.3 is 5.97 Å². The van der Waals surface area contributed by atoms with Gasteiger partial charge in [0.2, 0.25) is 0 Å². The van der Waals surface area contributed by atoms with Gasteiger partial charge in [0.1, 0.15) is 0 Å². The molecule has 3 aromatic carbocycles. The third-order valence-electron chi connectivity index (χ3n) is 6.58. The fourth-order valence-corrected chi connectivity index (χ4v) is 5.05. The maximum Gasteiger partial charge on any atom is 0.311 e. The number of benzene rings is 3. The second-order valence-electron chi connectivity index (χ2n) is 9.42. The van der Waals surface area contributed by atoms with Crippen molar-refractivity contribution in [3.63, 3.8) is 0 Å². The summed E-state index contributed by atoms with van der Waals surface area (Å²) in [7, 11) is 4.59. The van der Waals surface area contributed by atoms with Crippen LogP contribution in [0.25, 0.3) is 11.1 Å². The second-order valence-corrected chi connectivity index (χ2v) is 10.7. The molecule has 0 fully saturated rings. The third kappa shape index (κ3) is 7.29. The van der Waals surface area contributed by atoms with Crippen LogP contribution in [0, 0.1) is 11.8 Å². The zero-order chi connectivity index (χ0) is 24.6. The standard InChI is InChI=1S/C31H32BO2P/c1-23(30(31(33)34-35(2)32)22-25-8-4-3-5-9-25)20-26-12-16-28(17-13-26)29-18-14-27(15-19-29)21-24-10-6-7-11-24/h3-6,8-19,23,30H,7,20-22H2,1-2H3/t23-,30-,35?/m0/s1. The van der Waals surface area contributed by atoms with Crippen LogP contribution in [0.5, 0.6) is 0 Å². The summed E-state index contributed by atoms with van der Waals surface area (Å²) in [5.41, 5.74) is 7.50. The van der Waals surface area contributed by atoms with Crippen LogP contribution in [-0.4, -0.2) is 20.2 Å². The predicted octanol–water partition coefficient (Wildman–Crippen LogP) is 7.47. The summed E-state index contributed by atoms with van der Waals surface area (Å²) in [6, 6.07) is 27.7. The van der Waals surface area contributed by atoms with Crippen LogP contribution < -0.4 is 0 Å². The van der Waals surface area contributed by atoms with E-state index in [1.807, 2.05) is 18.2 Å². The molecular weight excluding hydrogens is 446 g/mol. The number of allylic oxidation sites excluding steroid dienone is 4. The summed E-state index contributed by atoms with van der Waals surface area (Å²) in [6.45, 7) is 3.89. The van der Waals surface area contributed by atoms with Crippen LogP contribution in [0.15, 0.2) is 103 Å². The molecule has 2 nitrogen and oxygen atoms in total. The number of carbonyl (C=O) groups excluding carboxylic acids is 1. The molecule has 0 heterocycles. The minimum absolute atomic E-state index is 0.127. The highest BCUT2D eigenvalue weighted by Crippen LogP contribution is 2.31. The molecule has 1 aliphatic rings. The first-order valence-electron chi connectivity index (χ1n) is 12.3. The molecule has 1 unspecified atom stereocenters. The van der Waals surface area contributed by atoms with Gasteiger partial charge in [-0.25, -0.2) is 0 Å². The minimum atomic E-state index is -1.22. The van der Waals surface area contributed by atoms with E-state index in [9.17, 15) is 4.79 Å². The molecule has 3 aromatic rings. The Labute approximate surface area is 212 Å². The number of carbonyl (C=O) groups is 1. The fraction of sp³-hybridized carbons (Fsp3) is 0.258. The van der Waals surface area contributed by atoms with Crippen molar-refractivity contribution in [2.75, 3.05) is 6.66 Å². The molecule has 0 aromatic heterocycles. The summed E-state index contributed by atoms with van der Waals surface area (Å²) < 4.78 is 5.47. The highest BCUT2D eigenvalue weighted by molar-refractivity contribution is 7.77. The van der Waals surface area contributed by atoms with Crippen molar-refractivity contribution in [1.29, 1.82) is 0 Å². The van der Waals surface area contributed by atoms with Gasteiger partial charge in [0.25, 0.3) is 0 Å². The molecule has 0 saturated carbocycles. The van der Waals surface area contributed by atoms with E-state index < -0.39 is 8.03 Å². The Hall–Kier alpha value is -2.90. The highest BCUT2D eigenvalue weighted by Gasteiger charge is 2.27. The van der Waals surface area contributed by atoms with Gasteiger partial charge in [0.05, 0.1) is 5.92 Å². The monoisotopic (exact) mass is 478 g/mol. The molecule has 3 atom stereocenters. The van der Waals surface area contributed by atoms with E-state index in [0.29, 0.717) is 6.42 Å². The van der Waals surface area contributed by atoms with E-state index in [-0.39, 0.29) is 17.8 Å². The molecule has 0 bridgehead atoms. The van der Waals surface area contributed by atoms with E-state index in [1.165, 1.54) is 27.8 Å². The van der Waals surface area contributed by atoms with E-state index in [1.54, 1.807) is 6.66 Å². The normalized spacial score (nSPS) is 15.3. The van der Waals surface area contributed by atoms with Crippen molar-refractivity contribution in [3.05, 3.63) is 119 Å². The topological polar surface area (TPSA) is 26.3 Å². The zero-order valence-corrected chi connectivity index (χ0v) is 21.5. The third-order valence-corrected chi connectivity index (χ3v) is 7.05. The van der Waals surface area contributed by atoms with Gasteiger partial charge in [-0.3, -0.25) is 4.79 Å². The van der Waals surface area contributed by atoms with Gasteiger partial charge in [-0.2, -0.15) is 0 Å². The number of hydrogen-bond donors (Lipinski definition) is 0. The van der Waals surface area contributed by atoms with Crippen molar-refractivity contribution in [2.24, 2.45) is 11.8 Å². The van der Waals surface area contributed by atoms with Gasteiger partial charge in [-0.05, 0) is 71.7 Å². The van der Waals surface area contributed by atoms with Gasteiger partial charge < -0.3 is 4.52 Å².